The van der Waals surface area contributed by atoms with E-state index in [-0.39, 0.29) is 27.4 Å². The maximum atomic E-state index is 12.9. The molecule has 0 aliphatic carbocycles. The highest BCUT2D eigenvalue weighted by molar-refractivity contribution is 8.00. The smallest absolute Gasteiger partial charge is 0.318 e. The van der Waals surface area contributed by atoms with Gasteiger partial charge in [0.15, 0.2) is 0 Å². The molecule has 20 heavy (non-hydrogen) atoms. The molecule has 0 radical (unpaired) electrons. The topological polar surface area (TPSA) is 29.1 Å². The molecule has 112 valence electrons. The molecule has 0 heterocycles. The molecule has 0 saturated carbocycles. The molecule has 1 aromatic rings. The predicted molar refractivity (Wildman–Crippen MR) is 62.9 cm³/mol. The highest BCUT2D eigenvalue weighted by Crippen LogP contribution is 2.35. The number of amides is 1. The normalized spacial score (nSPS) is 13.4. The number of hydrogen-bond acceptors (Lipinski definition) is 2. The molecule has 0 aliphatic rings. The lowest BCUT2D eigenvalue weighted by molar-refractivity contribution is -0.167. The molecule has 1 N–H and O–H groups in total. The summed E-state index contributed by atoms with van der Waals surface area (Å²) in [5, 5.41) is 1.38. The Balaban J connectivity index is 2.89. The molecule has 0 fully saturated rings. The quantitative estimate of drug-likeness (QED) is 0.647. The maximum absolute atomic E-state index is 12.9. The Hall–Kier alpha value is -1.09. The summed E-state index contributed by atoms with van der Waals surface area (Å²) in [6.45, 7) is 0. The first-order chi connectivity index (χ1) is 9.11. The van der Waals surface area contributed by atoms with Gasteiger partial charge in [-0.05, 0) is 18.2 Å². The van der Waals surface area contributed by atoms with Crippen molar-refractivity contribution in [2.24, 2.45) is 0 Å². The summed E-state index contributed by atoms with van der Waals surface area (Å²) in [7, 11) is 0. The number of anilines is 1. The minimum atomic E-state index is -5.10. The van der Waals surface area contributed by atoms with Crippen LogP contribution in [0.3, 0.4) is 0 Å². The largest absolute Gasteiger partial charge is 0.471 e. The van der Waals surface area contributed by atoms with Crippen molar-refractivity contribution in [1.29, 1.82) is 0 Å². The van der Waals surface area contributed by atoms with Crippen LogP contribution < -0.4 is 5.32 Å². The van der Waals surface area contributed by atoms with Crippen molar-refractivity contribution in [2.75, 3.05) is 5.32 Å². The Morgan fingerprint density at radius 2 is 1.85 bits per heavy atom. The van der Waals surface area contributed by atoms with Crippen LogP contribution in [-0.4, -0.2) is 24.0 Å². The van der Waals surface area contributed by atoms with E-state index >= 15 is 0 Å². The molecular formula is C10H6ClF6NOS. The number of nitrogens with one attached hydrogen (secondary N) is 1. The summed E-state index contributed by atoms with van der Waals surface area (Å²) in [6.07, 6.45) is -8.37. The van der Waals surface area contributed by atoms with Gasteiger partial charge in [0.05, 0.1) is 5.02 Å². The van der Waals surface area contributed by atoms with Crippen molar-refractivity contribution in [2.45, 2.75) is 23.0 Å². The Bertz CT molecular complexity index is 495. The van der Waals surface area contributed by atoms with Gasteiger partial charge in [-0.1, -0.05) is 23.4 Å². The van der Waals surface area contributed by atoms with Crippen molar-refractivity contribution < 1.29 is 31.1 Å². The average molecular weight is 338 g/mol. The van der Waals surface area contributed by atoms with Gasteiger partial charge in [0.1, 0.15) is 0 Å². The molecule has 1 rings (SSSR count). The van der Waals surface area contributed by atoms with Gasteiger partial charge in [-0.25, -0.2) is 13.2 Å². The average Bonchev–Trinajstić information content (AvgIpc) is 2.31. The van der Waals surface area contributed by atoms with E-state index in [4.69, 9.17) is 11.6 Å². The lowest BCUT2D eigenvalue weighted by atomic mass is 10.3. The van der Waals surface area contributed by atoms with Crippen LogP contribution in [0.15, 0.2) is 23.1 Å². The zero-order chi connectivity index (χ0) is 15.5. The summed E-state index contributed by atoms with van der Waals surface area (Å²) in [4.78, 5) is 10.5. The molecule has 10 heteroatoms. The summed E-state index contributed by atoms with van der Waals surface area (Å²) in [5.74, 6) is -2.23. The van der Waals surface area contributed by atoms with E-state index in [9.17, 15) is 31.1 Å². The van der Waals surface area contributed by atoms with E-state index in [1.165, 1.54) is 5.32 Å². The number of hydrogen-bond donors (Lipinski definition) is 1. The molecule has 0 aromatic heterocycles. The number of carbonyl (C=O) groups excluding carboxylic acids is 1. The van der Waals surface area contributed by atoms with Crippen LogP contribution in [-0.2, 0) is 4.79 Å². The third-order valence-corrected chi connectivity index (χ3v) is 3.35. The fraction of sp³-hybridized carbons (Fsp3) is 0.300. The van der Waals surface area contributed by atoms with Gasteiger partial charge in [0.25, 0.3) is 6.43 Å². The Morgan fingerprint density at radius 1 is 1.25 bits per heavy atom. The van der Waals surface area contributed by atoms with Gasteiger partial charge in [0.2, 0.25) is 5.50 Å². The van der Waals surface area contributed by atoms with Crippen molar-refractivity contribution in [3.05, 3.63) is 23.2 Å². The second kappa shape index (κ2) is 6.57. The van der Waals surface area contributed by atoms with Gasteiger partial charge in [-0.2, -0.15) is 13.2 Å². The molecule has 0 saturated heterocycles. The second-order valence-corrected chi connectivity index (χ2v) is 4.93. The standard InChI is InChI=1S/C10H6ClF6NOS/c11-5-2-1-4(18-9(19)10(15,16)17)3-6(5)20-8(14)7(12)13/h1-3,7-8H,(H,18,19). The van der Waals surface area contributed by atoms with Crippen LogP contribution in [0.2, 0.25) is 5.02 Å². The maximum Gasteiger partial charge on any atom is 0.471 e. The third-order valence-electron chi connectivity index (χ3n) is 1.88. The molecule has 1 aromatic carbocycles. The second-order valence-electron chi connectivity index (χ2n) is 3.40. The molecule has 1 amide bonds. The third kappa shape index (κ3) is 4.78. The van der Waals surface area contributed by atoms with Crippen LogP contribution >= 0.6 is 23.4 Å². The fourth-order valence-electron chi connectivity index (χ4n) is 1.05. The zero-order valence-electron chi connectivity index (χ0n) is 9.35. The van der Waals surface area contributed by atoms with Crippen LogP contribution in [0, 0.1) is 0 Å². The molecule has 0 aliphatic heterocycles. The van der Waals surface area contributed by atoms with Crippen LogP contribution in [0.5, 0.6) is 0 Å². The number of thioether (sulfide) groups is 1. The first-order valence-electron chi connectivity index (χ1n) is 4.88. The number of halogens is 7. The molecule has 0 bridgehead atoms. The monoisotopic (exact) mass is 337 g/mol. The first kappa shape index (κ1) is 17.0. The summed E-state index contributed by atoms with van der Waals surface area (Å²) < 4.78 is 73.1. The molecule has 1 unspecified atom stereocenters. The van der Waals surface area contributed by atoms with E-state index in [0.717, 1.165) is 18.2 Å². The number of benzene rings is 1. The van der Waals surface area contributed by atoms with E-state index in [1.54, 1.807) is 0 Å². The van der Waals surface area contributed by atoms with E-state index in [2.05, 4.69) is 0 Å². The van der Waals surface area contributed by atoms with E-state index < -0.39 is 24.0 Å². The van der Waals surface area contributed by atoms with Crippen molar-refractivity contribution in [3.8, 4) is 0 Å². The van der Waals surface area contributed by atoms with E-state index in [0.29, 0.717) is 0 Å². The highest BCUT2D eigenvalue weighted by atomic mass is 35.5. The van der Waals surface area contributed by atoms with Crippen LogP contribution in [0.25, 0.3) is 0 Å². The van der Waals surface area contributed by atoms with Crippen LogP contribution in [0.4, 0.5) is 32.0 Å². The number of rotatable bonds is 4. The van der Waals surface area contributed by atoms with Crippen molar-refractivity contribution in [3.63, 3.8) is 0 Å². The van der Waals surface area contributed by atoms with Gasteiger partial charge < -0.3 is 5.32 Å². The van der Waals surface area contributed by atoms with Gasteiger partial charge in [-0.3, -0.25) is 4.79 Å². The van der Waals surface area contributed by atoms with Gasteiger partial charge >= 0.3 is 12.1 Å². The van der Waals surface area contributed by atoms with Gasteiger partial charge in [-0.15, -0.1) is 0 Å². The Labute approximate surface area is 118 Å². The summed E-state index contributed by atoms with van der Waals surface area (Å²) in [5.41, 5.74) is -2.92. The van der Waals surface area contributed by atoms with Gasteiger partial charge in [0, 0.05) is 10.6 Å². The summed E-state index contributed by atoms with van der Waals surface area (Å²) >= 11 is 5.65. The van der Waals surface area contributed by atoms with Crippen molar-refractivity contribution >= 4 is 35.0 Å². The SMILES string of the molecule is O=C(Nc1ccc(Cl)c(SC(F)C(F)F)c1)C(F)(F)F. The number of alkyl halides is 6. The molecule has 2 nitrogen and oxygen atoms in total. The Morgan fingerprint density at radius 3 is 2.35 bits per heavy atom. The molecule has 1 atom stereocenters. The highest BCUT2D eigenvalue weighted by Gasteiger charge is 2.38. The fourth-order valence-corrected chi connectivity index (χ4v) is 2.02. The van der Waals surface area contributed by atoms with Crippen LogP contribution in [0.1, 0.15) is 0 Å². The lowest BCUT2D eigenvalue weighted by Gasteiger charge is -2.12. The lowest BCUT2D eigenvalue weighted by Crippen LogP contribution is -2.29. The minimum absolute atomic E-state index is 0.0459. The van der Waals surface area contributed by atoms with Crippen molar-refractivity contribution in [1.82, 2.24) is 0 Å². The molecular weight excluding hydrogens is 332 g/mol. The first-order valence-corrected chi connectivity index (χ1v) is 6.13. The molecule has 0 spiro atoms. The zero-order valence-corrected chi connectivity index (χ0v) is 10.9. The minimum Gasteiger partial charge on any atom is -0.318 e. The van der Waals surface area contributed by atoms with E-state index in [1.807, 2.05) is 0 Å². The Kier molecular flexibility index (Phi) is 5.58. The number of carbonyl (C=O) groups is 1. The predicted octanol–water partition coefficient (Wildman–Crippen LogP) is 4.49. The summed E-state index contributed by atoms with van der Waals surface area (Å²) in [6, 6.07) is 2.98.